The van der Waals surface area contributed by atoms with E-state index in [0.717, 1.165) is 44.3 Å². The van der Waals surface area contributed by atoms with Gasteiger partial charge in [-0.1, -0.05) is 19.8 Å². The summed E-state index contributed by atoms with van der Waals surface area (Å²) in [6.45, 7) is 2.98. The number of esters is 1. The minimum absolute atomic E-state index is 0.0290. The number of anilines is 1. The zero-order valence-electron chi connectivity index (χ0n) is 15.0. The molecule has 5 nitrogen and oxygen atoms in total. The summed E-state index contributed by atoms with van der Waals surface area (Å²) < 4.78 is 5.71. The van der Waals surface area contributed by atoms with Crippen LogP contribution in [0.25, 0.3) is 0 Å². The second kappa shape index (κ2) is 8.92. The number of aromatic hydroxyl groups is 1. The zero-order chi connectivity index (χ0) is 17.5. The average Bonchev–Trinajstić information content (AvgIpc) is 2.55. The predicted molar refractivity (Wildman–Crippen MR) is 96.7 cm³/mol. The van der Waals surface area contributed by atoms with Crippen molar-refractivity contribution >= 4 is 11.7 Å². The Bertz CT molecular complexity index is 545. The maximum Gasteiger partial charge on any atom is 0.342 e. The molecule has 1 saturated carbocycles. The number of likely N-dealkylation sites (N-methyl/N-ethyl adjacent to an activating group) is 1. The lowest BCUT2D eigenvalue weighted by Crippen LogP contribution is -2.43. The van der Waals surface area contributed by atoms with E-state index in [0.29, 0.717) is 0 Å². The van der Waals surface area contributed by atoms with E-state index in [4.69, 9.17) is 4.74 Å². The van der Waals surface area contributed by atoms with E-state index < -0.39 is 5.97 Å². The molecule has 1 aliphatic rings. The Kier molecular flexibility index (Phi) is 6.91. The third-order valence-corrected chi connectivity index (χ3v) is 4.67. The lowest BCUT2D eigenvalue weighted by Gasteiger charge is -2.35. The fraction of sp³-hybridized carbons (Fsp3) is 0.632. The molecule has 2 atom stereocenters. The molecule has 1 fully saturated rings. The molecule has 1 aliphatic carbocycles. The Morgan fingerprint density at radius 3 is 2.75 bits per heavy atom. The van der Waals surface area contributed by atoms with Crippen molar-refractivity contribution in [1.82, 2.24) is 4.90 Å². The summed E-state index contributed by atoms with van der Waals surface area (Å²) in [5.41, 5.74) is 1.06. The van der Waals surface area contributed by atoms with Crippen molar-refractivity contribution in [2.75, 3.05) is 26.0 Å². The highest BCUT2D eigenvalue weighted by Gasteiger charge is 2.30. The topological polar surface area (TPSA) is 61.8 Å². The molecular weight excluding hydrogens is 304 g/mol. The number of unbranched alkanes of at least 4 members (excludes halogenated alkanes) is 1. The van der Waals surface area contributed by atoms with E-state index >= 15 is 0 Å². The standard InChI is InChI=1S/C19H30N2O3/c1-4-5-12-20-14-10-11-15(17(22)13-14)19(23)24-18-9-7-6-8-16(18)21(2)3/h10-11,13,16,18,20,22H,4-9,12H2,1-3H3. The van der Waals surface area contributed by atoms with Gasteiger partial charge in [0, 0.05) is 24.3 Å². The first kappa shape index (κ1) is 18.6. The van der Waals surface area contributed by atoms with Crippen LogP contribution in [0, 0.1) is 0 Å². The summed E-state index contributed by atoms with van der Waals surface area (Å²) in [6.07, 6.45) is 6.23. The molecule has 24 heavy (non-hydrogen) atoms. The van der Waals surface area contributed by atoms with Crippen LogP contribution in [0.2, 0.25) is 0 Å². The van der Waals surface area contributed by atoms with E-state index in [1.54, 1.807) is 12.1 Å². The van der Waals surface area contributed by atoms with E-state index in [2.05, 4.69) is 17.1 Å². The molecule has 0 heterocycles. The molecule has 0 bridgehead atoms. The van der Waals surface area contributed by atoms with Gasteiger partial charge in [-0.15, -0.1) is 0 Å². The fourth-order valence-electron chi connectivity index (χ4n) is 3.23. The summed E-state index contributed by atoms with van der Waals surface area (Å²) >= 11 is 0. The molecule has 0 aromatic heterocycles. The Morgan fingerprint density at radius 1 is 1.33 bits per heavy atom. The molecule has 0 radical (unpaired) electrons. The van der Waals surface area contributed by atoms with Crippen LogP contribution in [0.4, 0.5) is 5.69 Å². The van der Waals surface area contributed by atoms with E-state index in [9.17, 15) is 9.90 Å². The third-order valence-electron chi connectivity index (χ3n) is 4.67. The number of carbonyl (C=O) groups excluding carboxylic acids is 1. The lowest BCUT2D eigenvalue weighted by atomic mass is 9.91. The minimum Gasteiger partial charge on any atom is -0.507 e. The van der Waals surface area contributed by atoms with Gasteiger partial charge in [-0.25, -0.2) is 4.79 Å². The number of ether oxygens (including phenoxy) is 1. The van der Waals surface area contributed by atoms with Crippen LogP contribution < -0.4 is 5.32 Å². The van der Waals surface area contributed by atoms with E-state index in [1.807, 2.05) is 20.2 Å². The summed E-state index contributed by atoms with van der Waals surface area (Å²) in [4.78, 5) is 14.6. The van der Waals surface area contributed by atoms with Gasteiger partial charge in [0.15, 0.2) is 0 Å². The molecule has 0 aliphatic heterocycles. The second-order valence-corrected chi connectivity index (χ2v) is 6.77. The Balaban J connectivity index is 2.01. The molecule has 2 rings (SSSR count). The average molecular weight is 334 g/mol. The Labute approximate surface area is 145 Å². The van der Waals surface area contributed by atoms with Crippen molar-refractivity contribution in [2.45, 2.75) is 57.6 Å². The first-order chi connectivity index (χ1) is 11.5. The molecule has 5 heteroatoms. The number of hydrogen-bond donors (Lipinski definition) is 2. The Hall–Kier alpha value is -1.75. The molecule has 2 N–H and O–H groups in total. The van der Waals surface area contributed by atoms with Crippen LogP contribution in [0.3, 0.4) is 0 Å². The number of phenolic OH excluding ortho intramolecular Hbond substituents is 1. The smallest absolute Gasteiger partial charge is 0.342 e. The van der Waals surface area contributed by atoms with Gasteiger partial charge >= 0.3 is 5.97 Å². The van der Waals surface area contributed by atoms with Crippen LogP contribution in [0.5, 0.6) is 5.75 Å². The summed E-state index contributed by atoms with van der Waals surface area (Å²) in [5, 5.41) is 13.4. The van der Waals surface area contributed by atoms with Gasteiger partial charge in [0.25, 0.3) is 0 Å². The first-order valence-electron chi connectivity index (χ1n) is 8.97. The number of benzene rings is 1. The maximum absolute atomic E-state index is 12.5. The molecule has 1 aromatic rings. The van der Waals surface area contributed by atoms with Crippen molar-refractivity contribution < 1.29 is 14.6 Å². The third kappa shape index (κ3) is 4.87. The largest absolute Gasteiger partial charge is 0.507 e. The predicted octanol–water partition coefficient (Wildman–Crippen LogP) is 3.63. The van der Waals surface area contributed by atoms with Gasteiger partial charge < -0.3 is 20.1 Å². The first-order valence-corrected chi connectivity index (χ1v) is 8.97. The zero-order valence-corrected chi connectivity index (χ0v) is 15.0. The second-order valence-electron chi connectivity index (χ2n) is 6.77. The molecule has 0 saturated heterocycles. The number of nitrogens with zero attached hydrogens (tertiary/aromatic N) is 1. The molecular formula is C19H30N2O3. The van der Waals surface area contributed by atoms with Gasteiger partial charge in [-0.05, 0) is 51.9 Å². The van der Waals surface area contributed by atoms with Crippen LogP contribution in [0.15, 0.2) is 18.2 Å². The van der Waals surface area contributed by atoms with Crippen LogP contribution >= 0.6 is 0 Å². The molecule has 134 valence electrons. The fourth-order valence-corrected chi connectivity index (χ4v) is 3.23. The van der Waals surface area contributed by atoms with Gasteiger partial charge in [0.2, 0.25) is 0 Å². The highest BCUT2D eigenvalue weighted by Crippen LogP contribution is 2.28. The molecule has 1 aromatic carbocycles. The van der Waals surface area contributed by atoms with Crippen molar-refractivity contribution in [2.24, 2.45) is 0 Å². The molecule has 0 spiro atoms. The SMILES string of the molecule is CCCCNc1ccc(C(=O)OC2CCCCC2N(C)C)c(O)c1. The summed E-state index contributed by atoms with van der Waals surface area (Å²) in [5.74, 6) is -0.468. The van der Waals surface area contributed by atoms with E-state index in [1.165, 1.54) is 6.42 Å². The summed E-state index contributed by atoms with van der Waals surface area (Å²) in [7, 11) is 4.04. The monoisotopic (exact) mass is 334 g/mol. The molecule has 2 unspecified atom stereocenters. The van der Waals surface area contributed by atoms with Crippen LogP contribution in [-0.2, 0) is 4.74 Å². The lowest BCUT2D eigenvalue weighted by molar-refractivity contribution is -0.00738. The normalized spacial score (nSPS) is 20.8. The van der Waals surface area contributed by atoms with Crippen molar-refractivity contribution in [3.05, 3.63) is 23.8 Å². The highest BCUT2D eigenvalue weighted by molar-refractivity contribution is 5.93. The van der Waals surface area contributed by atoms with Gasteiger partial charge in [0.1, 0.15) is 17.4 Å². The van der Waals surface area contributed by atoms with Gasteiger partial charge in [-0.2, -0.15) is 0 Å². The van der Waals surface area contributed by atoms with Crippen molar-refractivity contribution in [3.63, 3.8) is 0 Å². The highest BCUT2D eigenvalue weighted by atomic mass is 16.5. The Morgan fingerprint density at radius 2 is 2.08 bits per heavy atom. The van der Waals surface area contributed by atoms with E-state index in [-0.39, 0.29) is 23.5 Å². The number of hydrogen-bond acceptors (Lipinski definition) is 5. The van der Waals surface area contributed by atoms with Crippen LogP contribution in [0.1, 0.15) is 55.8 Å². The summed E-state index contributed by atoms with van der Waals surface area (Å²) in [6, 6.07) is 5.30. The van der Waals surface area contributed by atoms with Crippen molar-refractivity contribution in [1.29, 1.82) is 0 Å². The number of phenols is 1. The van der Waals surface area contributed by atoms with Gasteiger partial charge in [-0.3, -0.25) is 0 Å². The minimum atomic E-state index is -0.439. The van der Waals surface area contributed by atoms with Crippen LogP contribution in [-0.4, -0.2) is 48.8 Å². The number of rotatable bonds is 7. The quantitative estimate of drug-likeness (QED) is 0.589. The number of nitrogens with one attached hydrogen (secondary N) is 1. The maximum atomic E-state index is 12.5. The van der Waals surface area contributed by atoms with Gasteiger partial charge in [0.05, 0.1) is 0 Å². The molecule has 0 amide bonds. The number of carbonyl (C=O) groups is 1. The van der Waals surface area contributed by atoms with Crippen molar-refractivity contribution in [3.8, 4) is 5.75 Å².